The largest absolute Gasteiger partial charge is 0.350 e. The van der Waals surface area contributed by atoms with Crippen molar-refractivity contribution in [3.63, 3.8) is 0 Å². The molecular weight excluding hydrogens is 314 g/mol. The molecule has 0 aromatic heterocycles. The van der Waals surface area contributed by atoms with Crippen LogP contribution >= 0.6 is 0 Å². The summed E-state index contributed by atoms with van der Waals surface area (Å²) in [6.07, 6.45) is 0. The van der Waals surface area contributed by atoms with Gasteiger partial charge in [0, 0.05) is 26.2 Å². The van der Waals surface area contributed by atoms with Gasteiger partial charge in [-0.2, -0.15) is 0 Å². The maximum atomic E-state index is 12.5. The highest BCUT2D eigenvalue weighted by molar-refractivity contribution is 5.85. The number of nitrogens with zero attached hydrogens (tertiary/aromatic N) is 2. The number of hydrogen-bond acceptors (Lipinski definition) is 2. The van der Waals surface area contributed by atoms with Crippen LogP contribution in [0.15, 0.2) is 54.6 Å². The molecule has 1 saturated heterocycles. The second-order valence-corrected chi connectivity index (χ2v) is 6.38. The lowest BCUT2D eigenvalue weighted by Gasteiger charge is -2.18. The molecule has 130 valence electrons. The molecule has 1 N–H and O–H groups in total. The molecule has 2 aromatic carbocycles. The fourth-order valence-corrected chi connectivity index (χ4v) is 2.98. The minimum atomic E-state index is -0.130. The first kappa shape index (κ1) is 17.0. The van der Waals surface area contributed by atoms with Crippen LogP contribution in [0.4, 0.5) is 4.79 Å². The summed E-state index contributed by atoms with van der Waals surface area (Å²) in [5.74, 6) is -0.130. The van der Waals surface area contributed by atoms with Crippen LogP contribution in [0.3, 0.4) is 0 Å². The Balaban J connectivity index is 1.49. The standard InChI is InChI=1S/C20H23N3O2/c1-16-6-5-9-18(12-16)14-22-10-11-23(20(22)25)15-19(24)21-13-17-7-3-2-4-8-17/h2-9,12H,10-11,13-15H2,1H3,(H,21,24). The number of hydrogen-bond donors (Lipinski definition) is 1. The molecule has 0 spiro atoms. The second-order valence-electron chi connectivity index (χ2n) is 6.38. The Morgan fingerprint density at radius 1 is 1.00 bits per heavy atom. The predicted octanol–water partition coefficient (Wildman–Crippen LogP) is 2.55. The van der Waals surface area contributed by atoms with Crippen molar-refractivity contribution in [3.05, 3.63) is 71.3 Å². The lowest BCUT2D eigenvalue weighted by Crippen LogP contribution is -2.39. The van der Waals surface area contributed by atoms with Crippen LogP contribution in [0.25, 0.3) is 0 Å². The molecule has 0 atom stereocenters. The molecule has 1 aliphatic rings. The smallest absolute Gasteiger partial charge is 0.320 e. The molecule has 25 heavy (non-hydrogen) atoms. The van der Waals surface area contributed by atoms with Crippen LogP contribution in [-0.4, -0.2) is 41.4 Å². The molecule has 0 radical (unpaired) electrons. The summed E-state index contributed by atoms with van der Waals surface area (Å²) in [6.45, 7) is 4.45. The van der Waals surface area contributed by atoms with E-state index in [4.69, 9.17) is 0 Å². The van der Waals surface area contributed by atoms with Crippen LogP contribution < -0.4 is 5.32 Å². The quantitative estimate of drug-likeness (QED) is 0.881. The van der Waals surface area contributed by atoms with Gasteiger partial charge in [-0.15, -0.1) is 0 Å². The predicted molar refractivity (Wildman–Crippen MR) is 96.8 cm³/mol. The van der Waals surface area contributed by atoms with Gasteiger partial charge < -0.3 is 15.1 Å². The van der Waals surface area contributed by atoms with Gasteiger partial charge in [0.05, 0.1) is 0 Å². The van der Waals surface area contributed by atoms with Crippen molar-refractivity contribution in [2.75, 3.05) is 19.6 Å². The normalized spacial score (nSPS) is 14.0. The zero-order chi connectivity index (χ0) is 17.6. The highest BCUT2D eigenvalue weighted by atomic mass is 16.2. The maximum absolute atomic E-state index is 12.5. The summed E-state index contributed by atoms with van der Waals surface area (Å²) in [7, 11) is 0. The van der Waals surface area contributed by atoms with Gasteiger partial charge in [-0.3, -0.25) is 4.79 Å². The van der Waals surface area contributed by atoms with Crippen molar-refractivity contribution < 1.29 is 9.59 Å². The third-order valence-corrected chi connectivity index (χ3v) is 4.30. The third-order valence-electron chi connectivity index (χ3n) is 4.30. The van der Waals surface area contributed by atoms with E-state index in [-0.39, 0.29) is 18.5 Å². The summed E-state index contributed by atoms with van der Waals surface area (Å²) < 4.78 is 0. The molecule has 1 aliphatic heterocycles. The lowest BCUT2D eigenvalue weighted by atomic mass is 10.1. The number of rotatable bonds is 6. The summed E-state index contributed by atoms with van der Waals surface area (Å²) in [5.41, 5.74) is 3.34. The summed E-state index contributed by atoms with van der Waals surface area (Å²) in [5, 5.41) is 2.87. The number of urea groups is 1. The minimum Gasteiger partial charge on any atom is -0.350 e. The van der Waals surface area contributed by atoms with E-state index in [1.807, 2.05) is 55.5 Å². The molecule has 5 heteroatoms. The van der Waals surface area contributed by atoms with Crippen molar-refractivity contribution in [2.45, 2.75) is 20.0 Å². The average Bonchev–Trinajstić information content (AvgIpc) is 2.94. The average molecular weight is 337 g/mol. The van der Waals surface area contributed by atoms with Gasteiger partial charge in [0.2, 0.25) is 5.91 Å². The number of carbonyl (C=O) groups is 2. The molecule has 5 nitrogen and oxygen atoms in total. The van der Waals surface area contributed by atoms with E-state index in [9.17, 15) is 9.59 Å². The molecule has 2 aromatic rings. The molecule has 0 unspecified atom stereocenters. The molecule has 0 aliphatic carbocycles. The molecule has 0 saturated carbocycles. The number of amides is 3. The molecule has 1 heterocycles. The molecule has 3 rings (SSSR count). The molecule has 3 amide bonds. The Kier molecular flexibility index (Phi) is 5.33. The Morgan fingerprint density at radius 3 is 2.48 bits per heavy atom. The minimum absolute atomic E-state index is 0.0728. The fraction of sp³-hybridized carbons (Fsp3) is 0.300. The monoisotopic (exact) mass is 337 g/mol. The van der Waals surface area contributed by atoms with E-state index in [0.717, 1.165) is 11.1 Å². The highest BCUT2D eigenvalue weighted by Gasteiger charge is 2.29. The van der Waals surface area contributed by atoms with Crippen molar-refractivity contribution in [2.24, 2.45) is 0 Å². The van der Waals surface area contributed by atoms with E-state index in [2.05, 4.69) is 11.4 Å². The zero-order valence-electron chi connectivity index (χ0n) is 14.4. The number of aryl methyl sites for hydroxylation is 1. The van der Waals surface area contributed by atoms with Crippen molar-refractivity contribution in [1.29, 1.82) is 0 Å². The topological polar surface area (TPSA) is 52.6 Å². The van der Waals surface area contributed by atoms with Gasteiger partial charge in [-0.05, 0) is 18.1 Å². The first-order chi connectivity index (χ1) is 12.1. The second kappa shape index (κ2) is 7.83. The first-order valence-electron chi connectivity index (χ1n) is 8.52. The molecule has 1 fully saturated rings. The van der Waals surface area contributed by atoms with Gasteiger partial charge in [-0.1, -0.05) is 60.2 Å². The number of benzene rings is 2. The molecule has 0 bridgehead atoms. The van der Waals surface area contributed by atoms with Gasteiger partial charge in [-0.25, -0.2) is 4.79 Å². The summed E-state index contributed by atoms with van der Waals surface area (Å²) >= 11 is 0. The number of nitrogens with one attached hydrogen (secondary N) is 1. The zero-order valence-corrected chi connectivity index (χ0v) is 14.4. The van der Waals surface area contributed by atoms with Crippen LogP contribution in [0.2, 0.25) is 0 Å². The number of carbonyl (C=O) groups excluding carboxylic acids is 2. The molecular formula is C20H23N3O2. The Hall–Kier alpha value is -2.82. The van der Waals surface area contributed by atoms with Crippen molar-refractivity contribution in [1.82, 2.24) is 15.1 Å². The van der Waals surface area contributed by atoms with Gasteiger partial charge >= 0.3 is 6.03 Å². The van der Waals surface area contributed by atoms with E-state index >= 15 is 0 Å². The van der Waals surface area contributed by atoms with Gasteiger partial charge in [0.25, 0.3) is 0 Å². The van der Waals surface area contributed by atoms with Crippen LogP contribution in [0, 0.1) is 6.92 Å². The lowest BCUT2D eigenvalue weighted by molar-refractivity contribution is -0.121. The van der Waals surface area contributed by atoms with Crippen molar-refractivity contribution in [3.8, 4) is 0 Å². The SMILES string of the molecule is Cc1cccc(CN2CCN(CC(=O)NCc3ccccc3)C2=O)c1. The van der Waals surface area contributed by atoms with Gasteiger partial charge in [0.1, 0.15) is 6.54 Å². The first-order valence-corrected chi connectivity index (χ1v) is 8.52. The maximum Gasteiger partial charge on any atom is 0.320 e. The Labute approximate surface area is 148 Å². The van der Waals surface area contributed by atoms with E-state index in [0.29, 0.717) is 26.2 Å². The van der Waals surface area contributed by atoms with E-state index in [1.54, 1.807) is 9.80 Å². The highest BCUT2D eigenvalue weighted by Crippen LogP contribution is 2.14. The van der Waals surface area contributed by atoms with E-state index in [1.165, 1.54) is 5.56 Å². The fourth-order valence-electron chi connectivity index (χ4n) is 2.98. The summed E-state index contributed by atoms with van der Waals surface area (Å²) in [6, 6.07) is 17.8. The van der Waals surface area contributed by atoms with Crippen LogP contribution in [0.5, 0.6) is 0 Å². The van der Waals surface area contributed by atoms with Crippen LogP contribution in [0.1, 0.15) is 16.7 Å². The Morgan fingerprint density at radius 2 is 1.72 bits per heavy atom. The van der Waals surface area contributed by atoms with Crippen LogP contribution in [-0.2, 0) is 17.9 Å². The van der Waals surface area contributed by atoms with Gasteiger partial charge in [0.15, 0.2) is 0 Å². The summed E-state index contributed by atoms with van der Waals surface area (Å²) in [4.78, 5) is 28.0. The third kappa shape index (κ3) is 4.59. The van der Waals surface area contributed by atoms with Crippen molar-refractivity contribution >= 4 is 11.9 Å². The Bertz CT molecular complexity index is 746. The van der Waals surface area contributed by atoms with E-state index < -0.39 is 0 Å².